The number of benzene rings is 1. The van der Waals surface area contributed by atoms with E-state index in [4.69, 9.17) is 5.73 Å². The number of nitrogens with zero attached hydrogens (tertiary/aromatic N) is 1. The van der Waals surface area contributed by atoms with E-state index < -0.39 is 16.0 Å². The van der Waals surface area contributed by atoms with Crippen LogP contribution in [0.5, 0.6) is 0 Å². The lowest BCUT2D eigenvalue weighted by atomic mass is 9.92. The summed E-state index contributed by atoms with van der Waals surface area (Å²) in [6, 6.07) is 4.60. The minimum Gasteiger partial charge on any atom is -0.465 e. The Hall–Kier alpha value is -1.44. The molecule has 7 heteroatoms. The first kappa shape index (κ1) is 17.9. The summed E-state index contributed by atoms with van der Waals surface area (Å²) in [5, 5.41) is 0. The lowest BCUT2D eigenvalue weighted by Crippen LogP contribution is -2.42. The molecule has 1 aliphatic heterocycles. The van der Waals surface area contributed by atoms with Crippen LogP contribution in [0.4, 0.5) is 0 Å². The molecular formula is C16H24N2O4S. The number of aryl methyl sites for hydroxylation is 1. The van der Waals surface area contributed by atoms with E-state index >= 15 is 0 Å². The van der Waals surface area contributed by atoms with Crippen LogP contribution in [-0.4, -0.2) is 44.9 Å². The fourth-order valence-corrected chi connectivity index (χ4v) is 4.64. The van der Waals surface area contributed by atoms with Gasteiger partial charge in [0, 0.05) is 19.1 Å². The Kier molecular flexibility index (Phi) is 5.44. The molecule has 1 aromatic rings. The van der Waals surface area contributed by atoms with Gasteiger partial charge in [0.2, 0.25) is 10.0 Å². The van der Waals surface area contributed by atoms with Crippen molar-refractivity contribution < 1.29 is 17.9 Å². The second kappa shape index (κ2) is 6.98. The van der Waals surface area contributed by atoms with Crippen molar-refractivity contribution >= 4 is 16.0 Å². The van der Waals surface area contributed by atoms with Crippen molar-refractivity contribution in [3.8, 4) is 0 Å². The van der Waals surface area contributed by atoms with Gasteiger partial charge in [-0.25, -0.2) is 13.2 Å². The predicted molar refractivity (Wildman–Crippen MR) is 87.7 cm³/mol. The fraction of sp³-hybridized carbons (Fsp3) is 0.562. The van der Waals surface area contributed by atoms with Gasteiger partial charge in [-0.3, -0.25) is 0 Å². The van der Waals surface area contributed by atoms with Gasteiger partial charge >= 0.3 is 5.97 Å². The van der Waals surface area contributed by atoms with Crippen LogP contribution < -0.4 is 5.73 Å². The molecule has 0 aromatic heterocycles. The second-order valence-corrected chi connectivity index (χ2v) is 7.98. The summed E-state index contributed by atoms with van der Waals surface area (Å²) < 4.78 is 31.8. The van der Waals surface area contributed by atoms with Crippen molar-refractivity contribution in [1.82, 2.24) is 4.31 Å². The first-order valence-corrected chi connectivity index (χ1v) is 9.16. The van der Waals surface area contributed by atoms with Crippen molar-refractivity contribution in [3.05, 3.63) is 29.3 Å². The molecule has 1 aromatic carbocycles. The highest BCUT2D eigenvalue weighted by Crippen LogP contribution is 2.27. The Morgan fingerprint density at radius 3 is 2.43 bits per heavy atom. The number of carbonyl (C=O) groups excluding carboxylic acids is 1. The maximum absolute atomic E-state index is 12.8. The summed E-state index contributed by atoms with van der Waals surface area (Å²) >= 11 is 0. The molecule has 1 saturated heterocycles. The molecule has 1 unspecified atom stereocenters. The molecule has 0 spiro atoms. The van der Waals surface area contributed by atoms with Gasteiger partial charge in [-0.05, 0) is 56.4 Å². The summed E-state index contributed by atoms with van der Waals surface area (Å²) in [4.78, 5) is 11.8. The Labute approximate surface area is 137 Å². The molecule has 23 heavy (non-hydrogen) atoms. The summed E-state index contributed by atoms with van der Waals surface area (Å²) in [5.41, 5.74) is 6.79. The zero-order chi connectivity index (χ0) is 17.2. The molecule has 2 N–H and O–H groups in total. The molecule has 0 amide bonds. The van der Waals surface area contributed by atoms with Crippen LogP contribution in [0.3, 0.4) is 0 Å². The van der Waals surface area contributed by atoms with Gasteiger partial charge in [-0.2, -0.15) is 4.31 Å². The van der Waals surface area contributed by atoms with E-state index in [1.54, 1.807) is 13.0 Å². The molecule has 0 aliphatic carbocycles. The van der Waals surface area contributed by atoms with Crippen LogP contribution in [0.25, 0.3) is 0 Å². The van der Waals surface area contributed by atoms with Crippen molar-refractivity contribution in [2.45, 2.75) is 37.6 Å². The lowest BCUT2D eigenvalue weighted by Gasteiger charge is -2.33. The zero-order valence-electron chi connectivity index (χ0n) is 13.8. The van der Waals surface area contributed by atoms with Gasteiger partial charge < -0.3 is 10.5 Å². The zero-order valence-corrected chi connectivity index (χ0v) is 14.6. The molecule has 0 bridgehead atoms. The van der Waals surface area contributed by atoms with Gasteiger partial charge in [0.05, 0.1) is 17.6 Å². The standard InChI is InChI=1S/C16H24N2O4S/c1-11-10-14(16(19)22-3)4-5-15(11)23(20,21)18-8-6-13(7-9-18)12(2)17/h4-5,10,12-13H,6-9,17H2,1-3H3. The molecule has 1 fully saturated rings. The predicted octanol–water partition coefficient (Wildman–Crippen LogP) is 1.53. The number of esters is 1. The van der Waals surface area contributed by atoms with E-state index in [2.05, 4.69) is 4.74 Å². The van der Waals surface area contributed by atoms with Gasteiger partial charge in [-0.15, -0.1) is 0 Å². The van der Waals surface area contributed by atoms with Crippen LogP contribution in [0.15, 0.2) is 23.1 Å². The molecule has 1 aliphatic rings. The van der Waals surface area contributed by atoms with Crippen LogP contribution in [0.1, 0.15) is 35.7 Å². The summed E-state index contributed by atoms with van der Waals surface area (Å²) in [5.74, 6) is -0.112. The van der Waals surface area contributed by atoms with Crippen molar-refractivity contribution in [2.75, 3.05) is 20.2 Å². The van der Waals surface area contributed by atoms with Gasteiger partial charge in [-0.1, -0.05) is 0 Å². The Morgan fingerprint density at radius 1 is 1.35 bits per heavy atom. The normalized spacial score (nSPS) is 18.6. The van der Waals surface area contributed by atoms with E-state index in [9.17, 15) is 13.2 Å². The van der Waals surface area contributed by atoms with Crippen molar-refractivity contribution in [1.29, 1.82) is 0 Å². The third kappa shape index (κ3) is 3.73. The number of hydrogen-bond acceptors (Lipinski definition) is 5. The van der Waals surface area contributed by atoms with Gasteiger partial charge in [0.25, 0.3) is 0 Å². The molecular weight excluding hydrogens is 316 g/mol. The number of rotatable bonds is 4. The lowest BCUT2D eigenvalue weighted by molar-refractivity contribution is 0.0600. The number of hydrogen-bond donors (Lipinski definition) is 1. The van der Waals surface area contributed by atoms with Crippen LogP contribution in [0, 0.1) is 12.8 Å². The number of methoxy groups -OCH3 is 1. The molecule has 0 saturated carbocycles. The highest BCUT2D eigenvalue weighted by atomic mass is 32.2. The number of piperidine rings is 1. The van der Waals surface area contributed by atoms with E-state index in [0.717, 1.165) is 12.8 Å². The highest BCUT2D eigenvalue weighted by Gasteiger charge is 2.31. The Balaban J connectivity index is 2.22. The average Bonchev–Trinajstić information content (AvgIpc) is 2.53. The first-order chi connectivity index (χ1) is 10.8. The maximum atomic E-state index is 12.8. The van der Waals surface area contributed by atoms with E-state index in [-0.39, 0.29) is 10.9 Å². The van der Waals surface area contributed by atoms with E-state index in [0.29, 0.717) is 30.1 Å². The summed E-state index contributed by atoms with van der Waals surface area (Å²) in [7, 11) is -2.25. The van der Waals surface area contributed by atoms with Gasteiger partial charge in [0.1, 0.15) is 0 Å². The molecule has 6 nitrogen and oxygen atoms in total. The number of carbonyl (C=O) groups is 1. The van der Waals surface area contributed by atoms with Gasteiger partial charge in [0.15, 0.2) is 0 Å². The summed E-state index contributed by atoms with van der Waals surface area (Å²) in [6.45, 7) is 4.61. The third-order valence-electron chi connectivity index (χ3n) is 4.46. The van der Waals surface area contributed by atoms with Crippen molar-refractivity contribution in [2.24, 2.45) is 11.7 Å². The van der Waals surface area contributed by atoms with E-state index in [1.165, 1.54) is 23.5 Å². The van der Waals surface area contributed by atoms with E-state index in [1.807, 2.05) is 6.92 Å². The number of nitrogens with two attached hydrogens (primary N) is 1. The molecule has 0 radical (unpaired) electrons. The quantitative estimate of drug-likeness (QED) is 0.840. The molecule has 2 rings (SSSR count). The molecule has 1 heterocycles. The SMILES string of the molecule is COC(=O)c1ccc(S(=O)(=O)N2CCC(C(C)N)CC2)c(C)c1. The second-order valence-electron chi connectivity index (χ2n) is 6.07. The highest BCUT2D eigenvalue weighted by molar-refractivity contribution is 7.89. The number of ether oxygens (including phenoxy) is 1. The minimum absolute atomic E-state index is 0.0842. The topological polar surface area (TPSA) is 89.7 Å². The van der Waals surface area contributed by atoms with Crippen molar-refractivity contribution in [3.63, 3.8) is 0 Å². The Morgan fingerprint density at radius 2 is 1.96 bits per heavy atom. The number of sulfonamides is 1. The average molecular weight is 340 g/mol. The van der Waals surface area contributed by atoms with Crippen LogP contribution in [-0.2, 0) is 14.8 Å². The summed E-state index contributed by atoms with van der Waals surface area (Å²) in [6.07, 6.45) is 1.55. The van der Waals surface area contributed by atoms with Crippen LogP contribution in [0.2, 0.25) is 0 Å². The fourth-order valence-electron chi connectivity index (χ4n) is 2.96. The minimum atomic E-state index is -3.55. The monoisotopic (exact) mass is 340 g/mol. The smallest absolute Gasteiger partial charge is 0.337 e. The Bertz CT molecular complexity index is 677. The third-order valence-corrected chi connectivity index (χ3v) is 6.51. The maximum Gasteiger partial charge on any atom is 0.337 e. The molecule has 1 atom stereocenters. The molecule has 128 valence electrons. The largest absolute Gasteiger partial charge is 0.465 e. The van der Waals surface area contributed by atoms with Crippen LogP contribution >= 0.6 is 0 Å². The first-order valence-electron chi connectivity index (χ1n) is 7.72.